The Morgan fingerprint density at radius 2 is 1.48 bits per heavy atom. The molecule has 27 heavy (non-hydrogen) atoms. The zero-order chi connectivity index (χ0) is 19.2. The highest BCUT2D eigenvalue weighted by Crippen LogP contribution is 2.46. The van der Waals surface area contributed by atoms with E-state index in [9.17, 15) is 0 Å². The Morgan fingerprint density at radius 3 is 2.15 bits per heavy atom. The smallest absolute Gasteiger partial charge is 0.163 e. The van der Waals surface area contributed by atoms with Crippen molar-refractivity contribution in [1.29, 1.82) is 0 Å². The van der Waals surface area contributed by atoms with E-state index in [0.717, 1.165) is 0 Å². The summed E-state index contributed by atoms with van der Waals surface area (Å²) in [6.45, 7) is 8.89. The first-order chi connectivity index (χ1) is 13.0. The van der Waals surface area contributed by atoms with Gasteiger partial charge in [0.05, 0.1) is 65.6 Å². The molecule has 0 radical (unpaired) electrons. The molecule has 0 unspecified atom stereocenters. The molecule has 2 bridgehead atoms. The maximum absolute atomic E-state index is 6.07. The van der Waals surface area contributed by atoms with E-state index in [1.807, 2.05) is 13.8 Å². The van der Waals surface area contributed by atoms with Gasteiger partial charge < -0.3 is 43.6 Å². The maximum atomic E-state index is 6.07. The molecule has 0 saturated carbocycles. The number of nitrogens with two attached hydrogens (primary N) is 1. The maximum Gasteiger partial charge on any atom is 0.163 e. The van der Waals surface area contributed by atoms with Crippen molar-refractivity contribution >= 4 is 0 Å². The minimum Gasteiger partial charge on any atom is -0.378 e. The molecule has 3 fully saturated rings. The summed E-state index contributed by atoms with van der Waals surface area (Å²) >= 11 is 0. The molecule has 3 aliphatic heterocycles. The van der Waals surface area contributed by atoms with Gasteiger partial charge in [-0.3, -0.25) is 0 Å². The second kappa shape index (κ2) is 9.91. The lowest BCUT2D eigenvalue weighted by Crippen LogP contribution is -2.56. The van der Waals surface area contributed by atoms with Crippen LogP contribution < -0.4 is 5.73 Å². The first-order valence-electron chi connectivity index (χ1n) is 9.71. The van der Waals surface area contributed by atoms with Crippen LogP contribution in [0, 0.1) is 0 Å². The molecule has 2 N–H and O–H groups in total. The van der Waals surface area contributed by atoms with Gasteiger partial charge in [0.1, 0.15) is 11.7 Å². The summed E-state index contributed by atoms with van der Waals surface area (Å²) in [6.07, 6.45) is 0.250. The Balaban J connectivity index is 1.26. The van der Waals surface area contributed by atoms with E-state index in [2.05, 4.69) is 0 Å². The summed E-state index contributed by atoms with van der Waals surface area (Å²) in [5.41, 5.74) is 4.72. The third kappa shape index (κ3) is 5.81. The molecule has 0 aromatic rings. The summed E-state index contributed by atoms with van der Waals surface area (Å²) in [7, 11) is 0. The van der Waals surface area contributed by atoms with Crippen molar-refractivity contribution in [3.63, 3.8) is 0 Å². The fraction of sp³-hybridized carbons (Fsp3) is 1.00. The van der Waals surface area contributed by atoms with Crippen molar-refractivity contribution in [2.24, 2.45) is 5.73 Å². The average molecular weight is 391 g/mol. The van der Waals surface area contributed by atoms with E-state index in [1.165, 1.54) is 0 Å². The van der Waals surface area contributed by atoms with Gasteiger partial charge in [-0.2, -0.15) is 0 Å². The van der Waals surface area contributed by atoms with Crippen molar-refractivity contribution in [3.8, 4) is 0 Å². The number of hydrogen-bond acceptors (Lipinski definition) is 9. The molecule has 3 saturated heterocycles. The third-order valence-electron chi connectivity index (χ3n) is 4.73. The molecule has 0 aliphatic carbocycles. The van der Waals surface area contributed by atoms with Gasteiger partial charge in [0.2, 0.25) is 0 Å². The summed E-state index contributed by atoms with van der Waals surface area (Å²) in [6, 6.07) is 0. The molecule has 3 aliphatic rings. The van der Waals surface area contributed by atoms with Gasteiger partial charge in [-0.25, -0.2) is 0 Å². The quantitative estimate of drug-likeness (QED) is 0.436. The van der Waals surface area contributed by atoms with Crippen LogP contribution in [0.25, 0.3) is 0 Å². The number of fused-ring (bicyclic) bond motifs is 4. The molecule has 4 atom stereocenters. The fourth-order valence-corrected chi connectivity index (χ4v) is 3.62. The zero-order valence-corrected chi connectivity index (χ0v) is 16.4. The average Bonchev–Trinajstić information content (AvgIpc) is 3.14. The van der Waals surface area contributed by atoms with Crippen LogP contribution in [0.4, 0.5) is 0 Å². The summed E-state index contributed by atoms with van der Waals surface area (Å²) in [5, 5.41) is 0. The molecular weight excluding hydrogens is 358 g/mol. The number of rotatable bonds is 13. The van der Waals surface area contributed by atoms with Crippen molar-refractivity contribution in [3.05, 3.63) is 0 Å². The fourth-order valence-electron chi connectivity index (χ4n) is 3.62. The molecule has 0 spiro atoms. The molecule has 9 heteroatoms. The van der Waals surface area contributed by atoms with Gasteiger partial charge in [0, 0.05) is 13.0 Å². The van der Waals surface area contributed by atoms with E-state index < -0.39 is 11.4 Å². The van der Waals surface area contributed by atoms with Crippen molar-refractivity contribution in [2.75, 3.05) is 66.0 Å². The van der Waals surface area contributed by atoms with E-state index >= 15 is 0 Å². The minimum absolute atomic E-state index is 0.0212. The van der Waals surface area contributed by atoms with E-state index in [0.29, 0.717) is 72.4 Å². The van der Waals surface area contributed by atoms with E-state index in [-0.39, 0.29) is 18.5 Å². The normalized spacial score (nSPS) is 34.1. The van der Waals surface area contributed by atoms with Crippen molar-refractivity contribution < 1.29 is 37.9 Å². The van der Waals surface area contributed by atoms with Crippen LogP contribution in [0.5, 0.6) is 0 Å². The monoisotopic (exact) mass is 391 g/mol. The molecule has 3 heterocycles. The predicted molar refractivity (Wildman–Crippen MR) is 94.3 cm³/mol. The SMILES string of the molecule is CC1(C)O[C@@H]2[C@@H](C[C@H]3OC[C@]2(COCCOCCOCCOCCN)O3)O1. The van der Waals surface area contributed by atoms with Gasteiger partial charge in [-0.1, -0.05) is 0 Å². The summed E-state index contributed by atoms with van der Waals surface area (Å²) < 4.78 is 45.7. The Morgan fingerprint density at radius 1 is 0.852 bits per heavy atom. The van der Waals surface area contributed by atoms with Crippen LogP contribution in [0.15, 0.2) is 0 Å². The Bertz CT molecular complexity index is 451. The van der Waals surface area contributed by atoms with Gasteiger partial charge in [0.15, 0.2) is 12.1 Å². The number of hydrogen-bond donors (Lipinski definition) is 1. The Labute approximate surface area is 160 Å². The van der Waals surface area contributed by atoms with Crippen LogP contribution in [0.2, 0.25) is 0 Å². The standard InChI is InChI=1S/C18H33NO8/c1-17(2)25-14-11-15-24-13-18(26-15,16(14)27-17)12-23-10-9-22-8-7-21-6-5-20-4-3-19/h14-16H,3-13,19H2,1-2H3/t14-,15+,16-,18+/m1/s1. The second-order valence-electron chi connectivity index (χ2n) is 7.43. The largest absolute Gasteiger partial charge is 0.378 e. The molecule has 158 valence electrons. The lowest BCUT2D eigenvalue weighted by molar-refractivity contribution is -0.204. The molecular formula is C18H33NO8. The van der Waals surface area contributed by atoms with Crippen LogP contribution >= 0.6 is 0 Å². The first-order valence-corrected chi connectivity index (χ1v) is 9.71. The second-order valence-corrected chi connectivity index (χ2v) is 7.43. The lowest BCUT2D eigenvalue weighted by atomic mass is 9.91. The minimum atomic E-state index is -0.603. The molecule has 9 nitrogen and oxygen atoms in total. The van der Waals surface area contributed by atoms with Gasteiger partial charge in [0.25, 0.3) is 0 Å². The summed E-state index contributed by atoms with van der Waals surface area (Å²) in [4.78, 5) is 0. The van der Waals surface area contributed by atoms with Crippen molar-refractivity contribution in [2.45, 2.75) is 50.2 Å². The van der Waals surface area contributed by atoms with Gasteiger partial charge in [-0.05, 0) is 13.8 Å². The van der Waals surface area contributed by atoms with Crippen LogP contribution in [-0.4, -0.2) is 95.9 Å². The third-order valence-corrected chi connectivity index (χ3v) is 4.73. The van der Waals surface area contributed by atoms with Crippen molar-refractivity contribution in [1.82, 2.24) is 0 Å². The number of ether oxygens (including phenoxy) is 8. The molecule has 0 aromatic heterocycles. The topological polar surface area (TPSA) is 99.9 Å². The van der Waals surface area contributed by atoms with Crippen LogP contribution in [0.1, 0.15) is 20.3 Å². The first kappa shape index (κ1) is 21.4. The van der Waals surface area contributed by atoms with E-state index in [1.54, 1.807) is 0 Å². The molecule has 0 aromatic carbocycles. The van der Waals surface area contributed by atoms with Gasteiger partial charge in [-0.15, -0.1) is 0 Å². The zero-order valence-electron chi connectivity index (χ0n) is 16.4. The highest BCUT2D eigenvalue weighted by atomic mass is 16.8. The van der Waals surface area contributed by atoms with E-state index in [4.69, 9.17) is 43.6 Å². The van der Waals surface area contributed by atoms with Crippen LogP contribution in [0.3, 0.4) is 0 Å². The highest BCUT2D eigenvalue weighted by Gasteiger charge is 2.61. The predicted octanol–water partition coefficient (Wildman–Crippen LogP) is 0.0470. The van der Waals surface area contributed by atoms with Gasteiger partial charge >= 0.3 is 0 Å². The Hall–Kier alpha value is -0.360. The highest BCUT2D eigenvalue weighted by molar-refractivity contribution is 5.05. The molecule has 0 amide bonds. The summed E-state index contributed by atoms with van der Waals surface area (Å²) in [5.74, 6) is -0.603. The van der Waals surface area contributed by atoms with Crippen LogP contribution in [-0.2, 0) is 37.9 Å². The molecule has 3 rings (SSSR count). The Kier molecular flexibility index (Phi) is 7.83. The lowest BCUT2D eigenvalue weighted by Gasteiger charge is -2.38.